The number of halogens is 1. The predicted molar refractivity (Wildman–Crippen MR) is 108 cm³/mol. The molecule has 8 heteroatoms. The van der Waals surface area contributed by atoms with E-state index in [-0.39, 0.29) is 5.70 Å². The van der Waals surface area contributed by atoms with Gasteiger partial charge in [0.05, 0.1) is 25.2 Å². The summed E-state index contributed by atoms with van der Waals surface area (Å²) in [6, 6.07) is 8.70. The van der Waals surface area contributed by atoms with E-state index in [0.717, 1.165) is 4.47 Å². The number of rotatable bonds is 7. The molecule has 0 amide bonds. The Morgan fingerprint density at radius 1 is 1.11 bits per heavy atom. The first-order valence-electron chi connectivity index (χ1n) is 8.78. The second kappa shape index (κ2) is 8.52. The van der Waals surface area contributed by atoms with E-state index in [1.807, 2.05) is 13.8 Å². The molecular weight excluding hydrogens is 430 g/mol. The van der Waals surface area contributed by atoms with Gasteiger partial charge < -0.3 is 18.9 Å². The zero-order valence-electron chi connectivity index (χ0n) is 15.7. The van der Waals surface area contributed by atoms with E-state index < -0.39 is 11.0 Å². The van der Waals surface area contributed by atoms with Gasteiger partial charge in [0, 0.05) is 21.7 Å². The first kappa shape index (κ1) is 20.0. The number of benzene rings is 2. The molecule has 0 aromatic heterocycles. The van der Waals surface area contributed by atoms with Crippen molar-refractivity contribution in [3.05, 3.63) is 61.7 Å². The quantitative estimate of drug-likeness (QED) is 0.436. The van der Waals surface area contributed by atoms with Crippen molar-refractivity contribution in [1.82, 2.24) is 0 Å². The first-order chi connectivity index (χ1) is 13.5. The van der Waals surface area contributed by atoms with Crippen LogP contribution in [-0.2, 0) is 0 Å². The summed E-state index contributed by atoms with van der Waals surface area (Å²) in [5.74, 6) is 2.04. The van der Waals surface area contributed by atoms with E-state index in [4.69, 9.17) is 18.9 Å². The normalized spacial score (nSPS) is 15.1. The van der Waals surface area contributed by atoms with Crippen LogP contribution in [0.25, 0.3) is 6.08 Å². The molecule has 0 N–H and O–H groups in total. The van der Waals surface area contributed by atoms with Crippen LogP contribution in [0, 0.1) is 10.1 Å². The fourth-order valence-corrected chi connectivity index (χ4v) is 3.46. The minimum atomic E-state index is -0.910. The van der Waals surface area contributed by atoms with Crippen molar-refractivity contribution in [2.45, 2.75) is 20.0 Å². The Hall–Kier alpha value is -2.74. The third-order valence-corrected chi connectivity index (χ3v) is 4.61. The Bertz CT molecular complexity index is 927. The number of nitro groups is 1. The van der Waals surface area contributed by atoms with Gasteiger partial charge in [0.2, 0.25) is 6.10 Å². The van der Waals surface area contributed by atoms with Crippen LogP contribution in [0.4, 0.5) is 0 Å². The Balaban J connectivity index is 2.09. The monoisotopic (exact) mass is 449 g/mol. The average Bonchev–Trinajstić information content (AvgIpc) is 2.68. The number of ether oxygens (including phenoxy) is 4. The number of hydrogen-bond donors (Lipinski definition) is 0. The molecule has 0 bridgehead atoms. The van der Waals surface area contributed by atoms with Crippen molar-refractivity contribution in [2.24, 2.45) is 0 Å². The summed E-state index contributed by atoms with van der Waals surface area (Å²) in [6.07, 6.45) is 0.598. The fourth-order valence-electron chi connectivity index (χ4n) is 3.01. The molecule has 148 valence electrons. The van der Waals surface area contributed by atoms with Gasteiger partial charge in [-0.2, -0.15) is 0 Å². The fraction of sp³-hybridized carbons (Fsp3) is 0.300. The summed E-state index contributed by atoms with van der Waals surface area (Å²) in [7, 11) is 1.53. The van der Waals surface area contributed by atoms with Crippen LogP contribution in [0.1, 0.15) is 31.1 Å². The minimum Gasteiger partial charge on any atom is -0.493 e. The Morgan fingerprint density at radius 2 is 1.82 bits per heavy atom. The highest BCUT2D eigenvalue weighted by molar-refractivity contribution is 9.10. The van der Waals surface area contributed by atoms with Crippen LogP contribution in [0.5, 0.6) is 23.0 Å². The van der Waals surface area contributed by atoms with Crippen molar-refractivity contribution in [2.75, 3.05) is 20.3 Å². The molecule has 1 aliphatic heterocycles. The lowest BCUT2D eigenvalue weighted by Crippen LogP contribution is -2.20. The molecule has 3 rings (SSSR count). The number of fused-ring (bicyclic) bond motifs is 1. The Morgan fingerprint density at radius 3 is 2.46 bits per heavy atom. The van der Waals surface area contributed by atoms with E-state index in [0.29, 0.717) is 47.3 Å². The summed E-state index contributed by atoms with van der Waals surface area (Å²) in [5, 5.41) is 11.7. The van der Waals surface area contributed by atoms with Gasteiger partial charge in [-0.15, -0.1) is 0 Å². The highest BCUT2D eigenvalue weighted by Gasteiger charge is 2.35. The lowest BCUT2D eigenvalue weighted by molar-refractivity contribution is -0.434. The maximum absolute atomic E-state index is 11.7. The van der Waals surface area contributed by atoms with Crippen LogP contribution in [0.2, 0.25) is 0 Å². The van der Waals surface area contributed by atoms with Crippen molar-refractivity contribution in [3.8, 4) is 23.0 Å². The Labute approximate surface area is 171 Å². The van der Waals surface area contributed by atoms with E-state index in [1.54, 1.807) is 30.3 Å². The van der Waals surface area contributed by atoms with Crippen LogP contribution >= 0.6 is 15.9 Å². The average molecular weight is 450 g/mol. The summed E-state index contributed by atoms with van der Waals surface area (Å²) >= 11 is 3.38. The highest BCUT2D eigenvalue weighted by Crippen LogP contribution is 2.45. The third kappa shape index (κ3) is 3.91. The molecule has 2 aromatic carbocycles. The third-order valence-electron chi connectivity index (χ3n) is 4.16. The van der Waals surface area contributed by atoms with Gasteiger partial charge in [-0.1, -0.05) is 22.0 Å². The summed E-state index contributed by atoms with van der Waals surface area (Å²) in [5.41, 5.74) is 1.09. The zero-order chi connectivity index (χ0) is 20.3. The highest BCUT2D eigenvalue weighted by atomic mass is 79.9. The molecule has 0 saturated heterocycles. The van der Waals surface area contributed by atoms with Crippen molar-refractivity contribution in [1.29, 1.82) is 0 Å². The van der Waals surface area contributed by atoms with Crippen molar-refractivity contribution < 1.29 is 23.9 Å². The molecule has 28 heavy (non-hydrogen) atoms. The number of nitrogens with zero attached hydrogens (tertiary/aromatic N) is 1. The molecule has 0 aliphatic carbocycles. The summed E-state index contributed by atoms with van der Waals surface area (Å²) in [6.45, 7) is 4.67. The minimum absolute atomic E-state index is 0.0701. The second-order valence-corrected chi connectivity index (χ2v) is 6.84. The second-order valence-electron chi connectivity index (χ2n) is 5.92. The molecule has 0 radical (unpaired) electrons. The first-order valence-corrected chi connectivity index (χ1v) is 9.57. The summed E-state index contributed by atoms with van der Waals surface area (Å²) < 4.78 is 23.4. The van der Waals surface area contributed by atoms with Gasteiger partial charge in [0.15, 0.2) is 23.0 Å². The molecule has 1 unspecified atom stereocenters. The molecule has 0 fully saturated rings. The van der Waals surface area contributed by atoms with Crippen LogP contribution in [0.15, 0.2) is 40.5 Å². The molecular formula is C20H20BrNO6. The predicted octanol–water partition coefficient (Wildman–Crippen LogP) is 5.01. The molecule has 7 nitrogen and oxygen atoms in total. The number of methoxy groups -OCH3 is 1. The standard InChI is InChI=1S/C20H20BrNO6/c1-4-26-16-7-6-12(10-17(16)27-5-2)19-15(22(23)24)9-13-8-14(21)11-18(25-3)20(13)28-19/h6-11,19H,4-5H2,1-3H3. The van der Waals surface area contributed by atoms with E-state index in [9.17, 15) is 10.1 Å². The van der Waals surface area contributed by atoms with Gasteiger partial charge >= 0.3 is 0 Å². The number of hydrogen-bond acceptors (Lipinski definition) is 6. The molecule has 0 saturated carbocycles. The van der Waals surface area contributed by atoms with E-state index in [2.05, 4.69) is 15.9 Å². The topological polar surface area (TPSA) is 80.1 Å². The smallest absolute Gasteiger partial charge is 0.291 e. The van der Waals surface area contributed by atoms with Crippen molar-refractivity contribution in [3.63, 3.8) is 0 Å². The van der Waals surface area contributed by atoms with E-state index >= 15 is 0 Å². The molecule has 1 heterocycles. The van der Waals surface area contributed by atoms with Crippen molar-refractivity contribution >= 4 is 22.0 Å². The van der Waals surface area contributed by atoms with Crippen LogP contribution < -0.4 is 18.9 Å². The maximum Gasteiger partial charge on any atom is 0.291 e. The zero-order valence-corrected chi connectivity index (χ0v) is 17.3. The van der Waals surface area contributed by atoms with Crippen LogP contribution in [-0.4, -0.2) is 25.2 Å². The summed E-state index contributed by atoms with van der Waals surface area (Å²) in [4.78, 5) is 11.3. The SMILES string of the molecule is CCOc1ccc(C2Oc3c(cc(Br)cc3OC)C=C2[N+](=O)[O-])cc1OCC. The van der Waals surface area contributed by atoms with Crippen LogP contribution in [0.3, 0.4) is 0 Å². The lowest BCUT2D eigenvalue weighted by atomic mass is 10.00. The van der Waals surface area contributed by atoms with Gasteiger partial charge in [-0.3, -0.25) is 10.1 Å². The van der Waals surface area contributed by atoms with Gasteiger partial charge in [0.1, 0.15) is 0 Å². The van der Waals surface area contributed by atoms with Gasteiger partial charge in [0.25, 0.3) is 5.70 Å². The maximum atomic E-state index is 11.7. The van der Waals surface area contributed by atoms with E-state index in [1.165, 1.54) is 13.2 Å². The molecule has 2 aromatic rings. The molecule has 1 aliphatic rings. The Kier molecular flexibility index (Phi) is 6.08. The molecule has 1 atom stereocenters. The van der Waals surface area contributed by atoms with Gasteiger partial charge in [-0.25, -0.2) is 0 Å². The lowest BCUT2D eigenvalue weighted by Gasteiger charge is -2.25. The largest absolute Gasteiger partial charge is 0.493 e. The van der Waals surface area contributed by atoms with Gasteiger partial charge in [-0.05, 0) is 38.1 Å². The molecule has 0 spiro atoms.